The molecule has 1 amide bonds. The van der Waals surface area contributed by atoms with E-state index in [9.17, 15) is 4.79 Å². The first-order chi connectivity index (χ1) is 7.56. The lowest BCUT2D eigenvalue weighted by Crippen LogP contribution is -2.47. The third-order valence-electron chi connectivity index (χ3n) is 3.23. The summed E-state index contributed by atoms with van der Waals surface area (Å²) in [4.78, 5) is 12.0. The molecule has 1 rings (SSSR count). The fourth-order valence-electron chi connectivity index (χ4n) is 1.97. The molecule has 3 nitrogen and oxygen atoms in total. The average Bonchev–Trinajstić information content (AvgIpc) is 3.00. The summed E-state index contributed by atoms with van der Waals surface area (Å²) in [6.07, 6.45) is 7.12. The topological polar surface area (TPSA) is 29.6 Å². The predicted molar refractivity (Wildman–Crippen MR) is 65.1 cm³/mol. The predicted octanol–water partition coefficient (Wildman–Crippen LogP) is 2.35. The van der Waals surface area contributed by atoms with E-state index in [1.165, 1.54) is 25.7 Å². The number of carbonyl (C=O) groups excluding carboxylic acids is 1. The molecule has 16 heavy (non-hydrogen) atoms. The maximum Gasteiger partial charge on any atom is 0.313 e. The van der Waals surface area contributed by atoms with Crippen LogP contribution in [-0.2, 0) is 9.53 Å². The van der Waals surface area contributed by atoms with E-state index in [1.54, 1.807) is 0 Å². The van der Waals surface area contributed by atoms with Crippen molar-refractivity contribution in [1.82, 2.24) is 0 Å². The number of ether oxygens (including phenoxy) is 1. The molecular weight excluding hydrogens is 202 g/mol. The smallest absolute Gasteiger partial charge is 0.313 e. The highest BCUT2D eigenvalue weighted by molar-refractivity contribution is 5.68. The normalized spacial score (nSPS) is 19.8. The van der Waals surface area contributed by atoms with Crippen LogP contribution < -0.4 is 0 Å². The van der Waals surface area contributed by atoms with Crippen LogP contribution in [-0.4, -0.2) is 43.7 Å². The molecule has 0 N–H and O–H groups in total. The second kappa shape index (κ2) is 6.36. The van der Waals surface area contributed by atoms with Crippen molar-refractivity contribution in [2.24, 2.45) is 0 Å². The van der Waals surface area contributed by atoms with Gasteiger partial charge in [-0.3, -0.25) is 4.48 Å². The highest BCUT2D eigenvalue weighted by atomic mass is 16.6. The van der Waals surface area contributed by atoms with E-state index in [4.69, 9.17) is 4.74 Å². The molecule has 1 unspecified atom stereocenters. The second-order valence-corrected chi connectivity index (χ2v) is 5.38. The molecule has 0 spiro atoms. The summed E-state index contributed by atoms with van der Waals surface area (Å²) in [6, 6.07) is 0. The third-order valence-corrected chi connectivity index (χ3v) is 3.23. The number of hydrogen-bond donors (Lipinski definition) is 0. The third kappa shape index (κ3) is 5.08. The largest absolute Gasteiger partial charge is 0.367 e. The molecule has 3 heteroatoms. The summed E-state index contributed by atoms with van der Waals surface area (Å²) < 4.78 is 5.67. The van der Waals surface area contributed by atoms with Gasteiger partial charge in [-0.25, -0.2) is 4.79 Å². The monoisotopic (exact) mass is 228 g/mol. The molecule has 0 saturated carbocycles. The summed E-state index contributed by atoms with van der Waals surface area (Å²) in [7, 11) is 3.99. The molecule has 1 fully saturated rings. The molecule has 0 radical (unpaired) electrons. The van der Waals surface area contributed by atoms with Gasteiger partial charge in [0.25, 0.3) is 0 Å². The molecule has 0 aliphatic carbocycles. The van der Waals surface area contributed by atoms with Crippen LogP contribution in [0.4, 0.5) is 0 Å². The Morgan fingerprint density at radius 3 is 2.44 bits per heavy atom. The van der Waals surface area contributed by atoms with Gasteiger partial charge in [0.15, 0.2) is 0 Å². The number of rotatable bonds is 8. The van der Waals surface area contributed by atoms with Gasteiger partial charge >= 0.3 is 5.91 Å². The van der Waals surface area contributed by atoms with Gasteiger partial charge in [-0.2, -0.15) is 0 Å². The number of amides is 1. The summed E-state index contributed by atoms with van der Waals surface area (Å²) in [5.74, 6) is 0.354. The maximum absolute atomic E-state index is 12.0. The summed E-state index contributed by atoms with van der Waals surface area (Å²) in [6.45, 7) is 3.89. The average molecular weight is 228 g/mol. The molecule has 1 saturated heterocycles. The summed E-state index contributed by atoms with van der Waals surface area (Å²) in [5.41, 5.74) is 0. The lowest BCUT2D eigenvalue weighted by atomic mass is 10.1. The lowest BCUT2D eigenvalue weighted by molar-refractivity contribution is -0.814. The van der Waals surface area contributed by atoms with Crippen molar-refractivity contribution in [3.8, 4) is 0 Å². The van der Waals surface area contributed by atoms with Crippen LogP contribution in [0, 0.1) is 0 Å². The zero-order chi connectivity index (χ0) is 12.0. The number of likely N-dealkylation sites (N-methyl/N-ethyl adjacent to an activating group) is 1. The Labute approximate surface area is 99.4 Å². The van der Waals surface area contributed by atoms with E-state index in [1.807, 2.05) is 14.1 Å². The molecular formula is C13H26NO2+. The van der Waals surface area contributed by atoms with Gasteiger partial charge < -0.3 is 4.74 Å². The molecule has 1 aliphatic heterocycles. The Balaban J connectivity index is 2.12. The van der Waals surface area contributed by atoms with E-state index in [0.29, 0.717) is 16.5 Å². The highest BCUT2D eigenvalue weighted by Gasteiger charge is 2.35. The van der Waals surface area contributed by atoms with Gasteiger partial charge in [0.05, 0.1) is 27.1 Å². The molecule has 0 bridgehead atoms. The molecule has 94 valence electrons. The number of hydrogen-bond acceptors (Lipinski definition) is 2. The van der Waals surface area contributed by atoms with Crippen molar-refractivity contribution in [3.63, 3.8) is 0 Å². The summed E-state index contributed by atoms with van der Waals surface area (Å²) in [5, 5.41) is 0. The molecule has 0 aromatic carbocycles. The van der Waals surface area contributed by atoms with Crippen LogP contribution in [0.1, 0.15) is 45.4 Å². The Kier molecular flexibility index (Phi) is 5.42. The van der Waals surface area contributed by atoms with Crippen molar-refractivity contribution in [2.45, 2.75) is 51.6 Å². The first-order valence-corrected chi connectivity index (χ1v) is 6.54. The van der Waals surface area contributed by atoms with Gasteiger partial charge in [0, 0.05) is 0 Å². The van der Waals surface area contributed by atoms with E-state index < -0.39 is 0 Å². The first kappa shape index (κ1) is 13.7. The maximum atomic E-state index is 12.0. The van der Waals surface area contributed by atoms with Gasteiger partial charge in [0.2, 0.25) is 0 Å². The quantitative estimate of drug-likeness (QED) is 0.362. The van der Waals surface area contributed by atoms with Gasteiger partial charge in [0.1, 0.15) is 12.6 Å². The minimum atomic E-state index is 0.332. The van der Waals surface area contributed by atoms with Crippen LogP contribution in [0.15, 0.2) is 0 Å². The Morgan fingerprint density at radius 2 is 1.88 bits per heavy atom. The lowest BCUT2D eigenvalue weighted by Gasteiger charge is -2.26. The van der Waals surface area contributed by atoms with Crippen molar-refractivity contribution < 1.29 is 14.0 Å². The van der Waals surface area contributed by atoms with Crippen molar-refractivity contribution in [1.29, 1.82) is 0 Å². The van der Waals surface area contributed by atoms with Crippen molar-refractivity contribution in [3.05, 3.63) is 0 Å². The fraction of sp³-hybridized carbons (Fsp3) is 0.923. The second-order valence-electron chi connectivity index (χ2n) is 5.38. The number of unbranched alkanes of at least 4 members (excludes halogenated alkanes) is 4. The Morgan fingerprint density at radius 1 is 1.25 bits per heavy atom. The minimum absolute atomic E-state index is 0.332. The van der Waals surface area contributed by atoms with Crippen molar-refractivity contribution >= 4 is 5.91 Å². The van der Waals surface area contributed by atoms with Crippen molar-refractivity contribution in [2.75, 3.05) is 27.2 Å². The van der Waals surface area contributed by atoms with E-state index in [2.05, 4.69) is 6.92 Å². The van der Waals surface area contributed by atoms with Crippen LogP contribution in [0.25, 0.3) is 0 Å². The zero-order valence-corrected chi connectivity index (χ0v) is 11.0. The number of nitrogens with zero attached hydrogens (tertiary/aromatic N) is 1. The Hall–Kier alpha value is -0.410. The zero-order valence-electron chi connectivity index (χ0n) is 11.0. The number of carbonyl (C=O) groups is 1. The van der Waals surface area contributed by atoms with Gasteiger partial charge in [-0.05, 0) is 6.42 Å². The standard InChI is InChI=1S/C13H26NO2/c1-4-5-6-7-8-9-13(15)14(2,3)10-12-11-16-12/h12H,4-11H2,1-3H3/q+1. The molecule has 1 atom stereocenters. The van der Waals surface area contributed by atoms with Crippen LogP contribution in [0.3, 0.4) is 0 Å². The number of quaternary nitrogens is 1. The summed E-state index contributed by atoms with van der Waals surface area (Å²) >= 11 is 0. The van der Waals surface area contributed by atoms with E-state index in [-0.39, 0.29) is 0 Å². The van der Waals surface area contributed by atoms with E-state index >= 15 is 0 Å². The van der Waals surface area contributed by atoms with Gasteiger partial charge in [-0.15, -0.1) is 0 Å². The van der Waals surface area contributed by atoms with E-state index in [0.717, 1.165) is 26.0 Å². The molecule has 1 heterocycles. The minimum Gasteiger partial charge on any atom is -0.367 e. The SMILES string of the molecule is CCCCCCCC(=O)[N+](C)(C)CC1CO1. The highest BCUT2D eigenvalue weighted by Crippen LogP contribution is 2.16. The van der Waals surface area contributed by atoms with Gasteiger partial charge in [-0.1, -0.05) is 32.6 Å². The van der Waals surface area contributed by atoms with Crippen LogP contribution in [0.2, 0.25) is 0 Å². The van der Waals surface area contributed by atoms with Crippen LogP contribution >= 0.6 is 0 Å². The molecule has 0 aromatic heterocycles. The Bertz CT molecular complexity index is 222. The first-order valence-electron chi connectivity index (χ1n) is 6.54. The fourth-order valence-corrected chi connectivity index (χ4v) is 1.97. The van der Waals surface area contributed by atoms with Crippen LogP contribution in [0.5, 0.6) is 0 Å². The molecule has 1 aliphatic rings. The molecule has 0 aromatic rings. The number of epoxide rings is 1.